The van der Waals surface area contributed by atoms with Gasteiger partial charge in [0.15, 0.2) is 11.4 Å². The van der Waals surface area contributed by atoms with E-state index in [1.54, 1.807) is 25.4 Å². The zero-order valence-electron chi connectivity index (χ0n) is 19.7. The van der Waals surface area contributed by atoms with Crippen LogP contribution < -0.4 is 27.9 Å². The Labute approximate surface area is 197 Å². The zero-order chi connectivity index (χ0) is 23.8. The van der Waals surface area contributed by atoms with Crippen molar-refractivity contribution in [2.75, 3.05) is 13.6 Å². The molecule has 33 heavy (non-hydrogen) atoms. The topological polar surface area (TPSA) is 156 Å². The second kappa shape index (κ2) is 11.8. The molecule has 0 radical (unpaired) electrons. The van der Waals surface area contributed by atoms with Gasteiger partial charge in [0.05, 0.1) is 29.7 Å². The zero-order valence-corrected chi connectivity index (χ0v) is 19.7. The number of hydrazine groups is 2. The molecule has 0 bridgehead atoms. The van der Waals surface area contributed by atoms with Crippen LogP contribution in [0.5, 0.6) is 5.75 Å². The number of nitrogens with zero attached hydrogens (tertiary/aromatic N) is 4. The Bertz CT molecular complexity index is 892. The van der Waals surface area contributed by atoms with E-state index < -0.39 is 0 Å². The van der Waals surface area contributed by atoms with Crippen molar-refractivity contribution in [3.63, 3.8) is 0 Å². The van der Waals surface area contributed by atoms with E-state index in [0.717, 1.165) is 37.8 Å². The minimum Gasteiger partial charge on any atom is -0.487 e. The van der Waals surface area contributed by atoms with Gasteiger partial charge in [0.1, 0.15) is 6.07 Å². The van der Waals surface area contributed by atoms with Crippen molar-refractivity contribution >= 4 is 5.70 Å². The summed E-state index contributed by atoms with van der Waals surface area (Å²) < 4.78 is 6.06. The Balaban J connectivity index is 1.74. The molecule has 0 aliphatic heterocycles. The number of nitriles is 1. The van der Waals surface area contributed by atoms with Crippen LogP contribution in [-0.4, -0.2) is 34.7 Å². The van der Waals surface area contributed by atoms with Gasteiger partial charge in [0, 0.05) is 18.9 Å². The Morgan fingerprint density at radius 1 is 1.12 bits per heavy atom. The summed E-state index contributed by atoms with van der Waals surface area (Å²) in [5.74, 6) is 13.4. The molecule has 9 heteroatoms. The van der Waals surface area contributed by atoms with Gasteiger partial charge in [0.2, 0.25) is 0 Å². The molecule has 1 aromatic heterocycles. The molecule has 0 amide bonds. The number of allylic oxidation sites excluding steroid dienone is 1. The number of pyridine rings is 1. The molecule has 2 aliphatic carbocycles. The van der Waals surface area contributed by atoms with E-state index in [-0.39, 0.29) is 18.3 Å². The van der Waals surface area contributed by atoms with Crippen LogP contribution in [0.3, 0.4) is 0 Å². The van der Waals surface area contributed by atoms with E-state index in [1.807, 2.05) is 0 Å². The lowest BCUT2D eigenvalue weighted by Crippen LogP contribution is -2.38. The predicted octanol–water partition coefficient (Wildman–Crippen LogP) is 2.65. The summed E-state index contributed by atoms with van der Waals surface area (Å²) in [4.78, 5) is 4.45. The molecule has 1 aromatic rings. The molecule has 0 unspecified atom stereocenters. The van der Waals surface area contributed by atoms with Gasteiger partial charge in [0.25, 0.3) is 0 Å². The van der Waals surface area contributed by atoms with E-state index in [1.165, 1.54) is 42.1 Å². The molecule has 180 valence electrons. The van der Waals surface area contributed by atoms with Crippen molar-refractivity contribution in [1.29, 1.82) is 5.26 Å². The normalized spacial score (nSPS) is 18.5. The Hall–Kier alpha value is -2.96. The fourth-order valence-corrected chi connectivity index (χ4v) is 4.70. The van der Waals surface area contributed by atoms with Crippen LogP contribution in [-0.2, 0) is 0 Å². The molecule has 1 heterocycles. The van der Waals surface area contributed by atoms with Gasteiger partial charge in [-0.05, 0) is 50.2 Å². The number of aromatic nitrogens is 1. The van der Waals surface area contributed by atoms with Crippen LogP contribution in [0.25, 0.3) is 5.70 Å². The highest BCUT2D eigenvalue weighted by molar-refractivity contribution is 5.64. The molecule has 2 saturated carbocycles. The summed E-state index contributed by atoms with van der Waals surface area (Å²) >= 11 is 0. The molecule has 0 spiro atoms. The SMILES string of the molecule is CN(N)/C(CN(N)/C=C(\N)CC1CCCC1)=C(\N)c1ccc(OC2CCCCC2)c(C#N)n1. The van der Waals surface area contributed by atoms with Gasteiger partial charge < -0.3 is 26.2 Å². The first kappa shape index (κ1) is 24.7. The molecule has 0 saturated heterocycles. The fraction of sp³-hybridized carbons (Fsp3) is 0.583. The van der Waals surface area contributed by atoms with Crippen molar-refractivity contribution in [3.8, 4) is 11.8 Å². The lowest BCUT2D eigenvalue weighted by molar-refractivity contribution is 0.154. The van der Waals surface area contributed by atoms with Crippen molar-refractivity contribution in [2.45, 2.75) is 70.3 Å². The second-order valence-electron chi connectivity index (χ2n) is 9.24. The van der Waals surface area contributed by atoms with Crippen LogP contribution in [0.15, 0.2) is 29.7 Å². The molecule has 0 aromatic carbocycles. The highest BCUT2D eigenvalue weighted by atomic mass is 16.5. The molecule has 9 nitrogen and oxygen atoms in total. The quantitative estimate of drug-likeness (QED) is 0.325. The number of nitrogens with two attached hydrogens (primary N) is 4. The molecule has 2 fully saturated rings. The average Bonchev–Trinajstić information content (AvgIpc) is 3.30. The maximum Gasteiger partial charge on any atom is 0.183 e. The molecule has 0 atom stereocenters. The predicted molar refractivity (Wildman–Crippen MR) is 129 cm³/mol. The van der Waals surface area contributed by atoms with Crippen molar-refractivity contribution in [3.05, 3.63) is 41.1 Å². The minimum absolute atomic E-state index is 0.129. The first-order chi connectivity index (χ1) is 15.9. The number of ether oxygens (including phenoxy) is 1. The molecular weight excluding hydrogens is 416 g/mol. The van der Waals surface area contributed by atoms with Crippen molar-refractivity contribution in [2.24, 2.45) is 29.1 Å². The van der Waals surface area contributed by atoms with Crippen LogP contribution >= 0.6 is 0 Å². The summed E-state index contributed by atoms with van der Waals surface area (Å²) in [6.07, 6.45) is 13.2. The van der Waals surface area contributed by atoms with Gasteiger partial charge in [-0.25, -0.2) is 16.7 Å². The van der Waals surface area contributed by atoms with Crippen LogP contribution in [0.1, 0.15) is 75.6 Å². The number of rotatable bonds is 9. The van der Waals surface area contributed by atoms with Gasteiger partial charge in [-0.1, -0.05) is 32.1 Å². The third-order valence-corrected chi connectivity index (χ3v) is 6.49. The maximum atomic E-state index is 9.63. The molecule has 8 N–H and O–H groups in total. The monoisotopic (exact) mass is 454 g/mol. The van der Waals surface area contributed by atoms with E-state index in [4.69, 9.17) is 27.9 Å². The lowest BCUT2D eigenvalue weighted by atomic mass is 9.98. The van der Waals surface area contributed by atoms with Gasteiger partial charge in [-0.3, -0.25) is 0 Å². The van der Waals surface area contributed by atoms with Crippen molar-refractivity contribution < 1.29 is 4.74 Å². The summed E-state index contributed by atoms with van der Waals surface area (Å²) in [7, 11) is 1.69. The number of likely N-dealkylation sites (N-methyl/N-ethyl adjacent to an activating group) is 1. The molecular formula is C24H38N8O. The molecule has 3 rings (SSSR count). The summed E-state index contributed by atoms with van der Waals surface area (Å²) in [6, 6.07) is 5.64. The first-order valence-corrected chi connectivity index (χ1v) is 11.9. The average molecular weight is 455 g/mol. The van der Waals surface area contributed by atoms with Gasteiger partial charge >= 0.3 is 0 Å². The first-order valence-electron chi connectivity index (χ1n) is 11.9. The second-order valence-corrected chi connectivity index (χ2v) is 9.24. The number of hydrogen-bond acceptors (Lipinski definition) is 9. The smallest absolute Gasteiger partial charge is 0.183 e. The Morgan fingerprint density at radius 3 is 2.42 bits per heavy atom. The lowest BCUT2D eigenvalue weighted by Gasteiger charge is -2.25. The highest BCUT2D eigenvalue weighted by Crippen LogP contribution is 2.29. The summed E-state index contributed by atoms with van der Waals surface area (Å²) in [5, 5.41) is 12.5. The van der Waals surface area contributed by atoms with Crippen molar-refractivity contribution in [1.82, 2.24) is 15.0 Å². The van der Waals surface area contributed by atoms with Gasteiger partial charge in [-0.2, -0.15) is 5.26 Å². The van der Waals surface area contributed by atoms with Crippen LogP contribution in [0, 0.1) is 17.2 Å². The standard InChI is InChI=1S/C24H38N8O/c1-31(28)22(16-32(29)15-18(26)13-17-7-5-6-8-17)24(27)20-11-12-23(21(14-25)30-20)33-19-9-3-2-4-10-19/h11-12,15,17,19H,2-10,13,16,26-29H2,1H3/b18-15-,24-22-. The Kier molecular flexibility index (Phi) is 8.80. The Morgan fingerprint density at radius 2 is 1.79 bits per heavy atom. The third-order valence-electron chi connectivity index (χ3n) is 6.49. The summed E-state index contributed by atoms with van der Waals surface area (Å²) in [5.41, 5.74) is 15.0. The van der Waals surface area contributed by atoms with E-state index in [2.05, 4.69) is 11.1 Å². The van der Waals surface area contributed by atoms with Crippen LogP contribution in [0.2, 0.25) is 0 Å². The maximum absolute atomic E-state index is 9.63. The van der Waals surface area contributed by atoms with Gasteiger partial charge in [-0.15, -0.1) is 0 Å². The van der Waals surface area contributed by atoms with E-state index in [9.17, 15) is 5.26 Å². The summed E-state index contributed by atoms with van der Waals surface area (Å²) in [6.45, 7) is 0.244. The third kappa shape index (κ3) is 7.01. The molecule has 2 aliphatic rings. The highest BCUT2D eigenvalue weighted by Gasteiger charge is 2.20. The number of hydrogen-bond donors (Lipinski definition) is 4. The van der Waals surface area contributed by atoms with E-state index in [0.29, 0.717) is 28.8 Å². The van der Waals surface area contributed by atoms with E-state index >= 15 is 0 Å². The fourth-order valence-electron chi connectivity index (χ4n) is 4.70. The van der Waals surface area contributed by atoms with Crippen LogP contribution in [0.4, 0.5) is 0 Å². The largest absolute Gasteiger partial charge is 0.487 e. The minimum atomic E-state index is 0.129.